The van der Waals surface area contributed by atoms with Gasteiger partial charge in [-0.15, -0.1) is 0 Å². The van der Waals surface area contributed by atoms with Gasteiger partial charge in [-0.2, -0.15) is 0 Å². The van der Waals surface area contributed by atoms with Crippen LogP contribution in [0.15, 0.2) is 0 Å². The Kier molecular flexibility index (Phi) is 9.77. The van der Waals surface area contributed by atoms with Crippen LogP contribution in [0.4, 0.5) is 0 Å². The van der Waals surface area contributed by atoms with Crippen LogP contribution < -0.4 is 5.73 Å². The maximum atomic E-state index is 8.47. The smallest absolute Gasteiger partial charge is 0.0448 e. The molecule has 0 amide bonds. The average Bonchev–Trinajstić information content (AvgIpc) is 1.91. The van der Waals surface area contributed by atoms with Crippen LogP contribution in [0.1, 0.15) is 33.6 Å². The lowest BCUT2D eigenvalue weighted by Gasteiger charge is -2.21. The van der Waals surface area contributed by atoms with Crippen molar-refractivity contribution >= 4 is 0 Å². The fourth-order valence-electron chi connectivity index (χ4n) is 0.636. The van der Waals surface area contributed by atoms with Crippen molar-refractivity contribution in [3.8, 4) is 0 Å². The molecule has 11 heavy (non-hydrogen) atoms. The van der Waals surface area contributed by atoms with Crippen LogP contribution in [0.2, 0.25) is 0 Å². The van der Waals surface area contributed by atoms with Gasteiger partial charge < -0.3 is 15.9 Å². The first-order valence-electron chi connectivity index (χ1n) is 4.13. The largest absolute Gasteiger partial charge is 0.396 e. The number of aliphatic hydroxyl groups is 2. The number of aliphatic hydroxyl groups excluding tert-OH is 2. The van der Waals surface area contributed by atoms with E-state index in [1.165, 1.54) is 0 Å². The van der Waals surface area contributed by atoms with E-state index in [0.29, 0.717) is 12.8 Å². The van der Waals surface area contributed by atoms with Crippen LogP contribution in [0.5, 0.6) is 0 Å². The molecule has 0 aromatic carbocycles. The monoisotopic (exact) mass is 163 g/mol. The van der Waals surface area contributed by atoms with E-state index < -0.39 is 5.54 Å². The minimum Gasteiger partial charge on any atom is -0.396 e. The minimum atomic E-state index is -0.399. The summed E-state index contributed by atoms with van der Waals surface area (Å²) in [7, 11) is 0. The predicted molar refractivity (Wildman–Crippen MR) is 47.3 cm³/mol. The molecule has 3 heteroatoms. The summed E-state index contributed by atoms with van der Waals surface area (Å²) in [6.07, 6.45) is 1.10. The zero-order chi connectivity index (χ0) is 9.33. The second kappa shape index (κ2) is 7.98. The molecule has 0 atom stereocenters. The minimum absolute atomic E-state index is 0.0903. The summed E-state index contributed by atoms with van der Waals surface area (Å²) in [5, 5.41) is 16.9. The van der Waals surface area contributed by atoms with Crippen LogP contribution in [0.25, 0.3) is 0 Å². The Morgan fingerprint density at radius 3 is 1.55 bits per heavy atom. The van der Waals surface area contributed by atoms with Crippen LogP contribution >= 0.6 is 0 Å². The third-order valence-corrected chi connectivity index (χ3v) is 1.37. The normalized spacial score (nSPS) is 10.4. The third-order valence-electron chi connectivity index (χ3n) is 1.37. The highest BCUT2D eigenvalue weighted by molar-refractivity contribution is 4.76. The Morgan fingerprint density at radius 1 is 1.09 bits per heavy atom. The highest BCUT2D eigenvalue weighted by Gasteiger charge is 2.15. The summed E-state index contributed by atoms with van der Waals surface area (Å²) in [5.41, 5.74) is 5.22. The zero-order valence-corrected chi connectivity index (χ0v) is 7.80. The molecular weight excluding hydrogens is 142 g/mol. The molecule has 0 aromatic heterocycles. The molecule has 0 radical (unpaired) electrons. The van der Waals surface area contributed by atoms with Gasteiger partial charge in [0.05, 0.1) is 0 Å². The highest BCUT2D eigenvalue weighted by atomic mass is 16.3. The summed E-state index contributed by atoms with van der Waals surface area (Å²) in [5.74, 6) is 0. The van der Waals surface area contributed by atoms with Crippen molar-refractivity contribution in [2.24, 2.45) is 5.73 Å². The molecule has 0 aliphatic heterocycles. The second-order valence-corrected chi connectivity index (χ2v) is 2.60. The van der Waals surface area contributed by atoms with E-state index in [0.717, 1.165) is 0 Å². The third kappa shape index (κ3) is 9.88. The van der Waals surface area contributed by atoms with Crippen molar-refractivity contribution in [3.05, 3.63) is 0 Å². The van der Waals surface area contributed by atoms with Gasteiger partial charge in [0.2, 0.25) is 0 Å². The van der Waals surface area contributed by atoms with E-state index in [1.54, 1.807) is 0 Å². The summed E-state index contributed by atoms with van der Waals surface area (Å²) in [6.45, 7) is 6.00. The quantitative estimate of drug-likeness (QED) is 0.565. The van der Waals surface area contributed by atoms with Crippen molar-refractivity contribution in [2.75, 3.05) is 13.2 Å². The number of hydrogen-bond acceptors (Lipinski definition) is 3. The van der Waals surface area contributed by atoms with Gasteiger partial charge in [0.1, 0.15) is 0 Å². The Labute approximate surface area is 69.2 Å². The van der Waals surface area contributed by atoms with Crippen molar-refractivity contribution in [1.29, 1.82) is 0 Å². The number of hydrogen-bond donors (Lipinski definition) is 3. The molecule has 0 saturated carbocycles. The van der Waals surface area contributed by atoms with Gasteiger partial charge in [-0.3, -0.25) is 0 Å². The molecule has 0 spiro atoms. The van der Waals surface area contributed by atoms with Gasteiger partial charge in [0.15, 0.2) is 0 Å². The summed E-state index contributed by atoms with van der Waals surface area (Å²) in [6, 6.07) is 0. The Bertz CT molecular complexity index is 66.5. The van der Waals surface area contributed by atoms with E-state index >= 15 is 0 Å². The zero-order valence-electron chi connectivity index (χ0n) is 7.80. The van der Waals surface area contributed by atoms with Crippen molar-refractivity contribution < 1.29 is 10.2 Å². The van der Waals surface area contributed by atoms with E-state index in [-0.39, 0.29) is 13.2 Å². The van der Waals surface area contributed by atoms with Crippen molar-refractivity contribution in [1.82, 2.24) is 0 Å². The lowest BCUT2D eigenvalue weighted by atomic mass is 9.96. The molecule has 3 nitrogen and oxygen atoms in total. The lowest BCUT2D eigenvalue weighted by Crippen LogP contribution is -2.37. The van der Waals surface area contributed by atoms with Crippen LogP contribution in [-0.2, 0) is 0 Å². The summed E-state index contributed by atoms with van der Waals surface area (Å²) >= 11 is 0. The van der Waals surface area contributed by atoms with Gasteiger partial charge in [-0.1, -0.05) is 13.8 Å². The van der Waals surface area contributed by atoms with E-state index in [1.807, 2.05) is 20.8 Å². The van der Waals surface area contributed by atoms with E-state index in [4.69, 9.17) is 15.9 Å². The van der Waals surface area contributed by atoms with Gasteiger partial charge in [0.25, 0.3) is 0 Å². The first kappa shape index (κ1) is 13.5. The maximum Gasteiger partial charge on any atom is 0.0448 e. The van der Waals surface area contributed by atoms with Gasteiger partial charge in [-0.05, 0) is 19.8 Å². The average molecular weight is 163 g/mol. The molecular formula is C8H21NO2. The molecule has 0 saturated heterocycles. The first-order chi connectivity index (χ1) is 5.12. The summed E-state index contributed by atoms with van der Waals surface area (Å²) in [4.78, 5) is 0. The molecule has 0 aliphatic rings. The molecule has 70 valence electrons. The van der Waals surface area contributed by atoms with Crippen LogP contribution in [-0.4, -0.2) is 29.0 Å². The number of nitrogens with two attached hydrogens (primary N) is 1. The van der Waals surface area contributed by atoms with Gasteiger partial charge in [-0.25, -0.2) is 0 Å². The maximum absolute atomic E-state index is 8.47. The van der Waals surface area contributed by atoms with Crippen LogP contribution in [0, 0.1) is 0 Å². The number of rotatable bonds is 4. The molecule has 0 aromatic rings. The predicted octanol–water partition coefficient (Wildman–Crippen LogP) is 0.495. The Morgan fingerprint density at radius 2 is 1.36 bits per heavy atom. The van der Waals surface area contributed by atoms with Crippen molar-refractivity contribution in [3.63, 3.8) is 0 Å². The molecule has 0 bridgehead atoms. The molecule has 0 unspecified atom stereocenters. The summed E-state index contributed by atoms with van der Waals surface area (Å²) < 4.78 is 0. The molecule has 0 fully saturated rings. The SMILES string of the molecule is CC.CC(N)(CCO)CCO. The highest BCUT2D eigenvalue weighted by Crippen LogP contribution is 2.08. The Balaban J connectivity index is 0. The standard InChI is InChI=1S/C6H15NO2.C2H6/c1-6(7,2-4-8)3-5-9;1-2/h8-9H,2-5,7H2,1H3;1-2H3. The van der Waals surface area contributed by atoms with E-state index in [2.05, 4.69) is 0 Å². The fraction of sp³-hybridized carbons (Fsp3) is 1.00. The van der Waals surface area contributed by atoms with Gasteiger partial charge >= 0.3 is 0 Å². The molecule has 4 N–H and O–H groups in total. The second-order valence-electron chi connectivity index (χ2n) is 2.60. The van der Waals surface area contributed by atoms with Gasteiger partial charge in [0, 0.05) is 18.8 Å². The Hall–Kier alpha value is -0.120. The molecule has 0 aliphatic carbocycles. The van der Waals surface area contributed by atoms with E-state index in [9.17, 15) is 0 Å². The molecule has 0 rings (SSSR count). The van der Waals surface area contributed by atoms with Crippen molar-refractivity contribution in [2.45, 2.75) is 39.2 Å². The molecule has 0 heterocycles. The fourth-order valence-corrected chi connectivity index (χ4v) is 0.636. The lowest BCUT2D eigenvalue weighted by molar-refractivity contribution is 0.203. The first-order valence-corrected chi connectivity index (χ1v) is 4.13. The van der Waals surface area contributed by atoms with Crippen LogP contribution in [0.3, 0.4) is 0 Å². The topological polar surface area (TPSA) is 66.5 Å².